The molecule has 0 aliphatic carbocycles. The van der Waals surface area contributed by atoms with Gasteiger partial charge in [0.1, 0.15) is 0 Å². The quantitative estimate of drug-likeness (QED) is 0.897. The van der Waals surface area contributed by atoms with Crippen LogP contribution in [-0.2, 0) is 4.79 Å². The Kier molecular flexibility index (Phi) is 5.42. The van der Waals surface area contributed by atoms with Crippen LogP contribution in [0.4, 0.5) is 5.69 Å². The van der Waals surface area contributed by atoms with Crippen molar-refractivity contribution in [3.63, 3.8) is 0 Å². The highest BCUT2D eigenvalue weighted by Gasteiger charge is 2.23. The first-order chi connectivity index (χ1) is 10.4. The lowest BCUT2D eigenvalue weighted by molar-refractivity contribution is -0.118. The molecule has 1 aliphatic rings. The second-order valence-electron chi connectivity index (χ2n) is 5.94. The molecule has 1 aromatic rings. The largest absolute Gasteiger partial charge is 0.336 e. The molecule has 0 aromatic heterocycles. The van der Waals surface area contributed by atoms with Gasteiger partial charge in [0.15, 0.2) is 0 Å². The average Bonchev–Trinajstić information content (AvgIpc) is 2.48. The average molecular weight is 324 g/mol. The van der Waals surface area contributed by atoms with E-state index in [1.165, 1.54) is 0 Å². The fourth-order valence-corrected chi connectivity index (χ4v) is 2.54. The molecule has 0 radical (unpaired) electrons. The normalized spacial score (nSPS) is 18.4. The zero-order valence-electron chi connectivity index (χ0n) is 13.1. The second-order valence-corrected chi connectivity index (χ2v) is 6.35. The van der Waals surface area contributed by atoms with E-state index in [0.29, 0.717) is 29.4 Å². The van der Waals surface area contributed by atoms with E-state index >= 15 is 0 Å². The van der Waals surface area contributed by atoms with Gasteiger partial charge in [-0.3, -0.25) is 9.59 Å². The summed E-state index contributed by atoms with van der Waals surface area (Å²) in [5.41, 5.74) is 1.02. The number of carbonyl (C=O) groups is 2. The first kappa shape index (κ1) is 16.8. The SMILES string of the molecule is CC1CN(C(=O)c2cc(NC(=O)C(C)C)ccc2Cl)CCN1. The minimum absolute atomic E-state index is 0.0866. The third-order valence-corrected chi connectivity index (χ3v) is 3.97. The fourth-order valence-electron chi connectivity index (χ4n) is 2.34. The Morgan fingerprint density at radius 2 is 2.14 bits per heavy atom. The van der Waals surface area contributed by atoms with Gasteiger partial charge in [-0.15, -0.1) is 0 Å². The lowest BCUT2D eigenvalue weighted by Gasteiger charge is -2.32. The number of halogens is 1. The first-order valence-electron chi connectivity index (χ1n) is 7.51. The van der Waals surface area contributed by atoms with E-state index < -0.39 is 0 Å². The van der Waals surface area contributed by atoms with Gasteiger partial charge >= 0.3 is 0 Å². The molecule has 6 heteroatoms. The second kappa shape index (κ2) is 7.11. The van der Waals surface area contributed by atoms with Crippen LogP contribution in [0.15, 0.2) is 18.2 Å². The highest BCUT2D eigenvalue weighted by Crippen LogP contribution is 2.23. The predicted molar refractivity (Wildman–Crippen MR) is 88.3 cm³/mol. The Bertz CT molecular complexity index is 575. The molecule has 22 heavy (non-hydrogen) atoms. The first-order valence-corrected chi connectivity index (χ1v) is 7.89. The molecular weight excluding hydrogens is 302 g/mol. The minimum atomic E-state index is -0.121. The smallest absolute Gasteiger partial charge is 0.255 e. The molecule has 1 fully saturated rings. The summed E-state index contributed by atoms with van der Waals surface area (Å²) in [4.78, 5) is 26.2. The molecule has 1 unspecified atom stereocenters. The van der Waals surface area contributed by atoms with E-state index in [1.54, 1.807) is 23.1 Å². The van der Waals surface area contributed by atoms with Gasteiger partial charge in [0.2, 0.25) is 5.91 Å². The molecule has 5 nitrogen and oxygen atoms in total. The van der Waals surface area contributed by atoms with Crippen LogP contribution in [-0.4, -0.2) is 42.4 Å². The molecule has 2 rings (SSSR count). The number of rotatable bonds is 3. The molecule has 1 heterocycles. The van der Waals surface area contributed by atoms with Crippen LogP contribution in [0.5, 0.6) is 0 Å². The Morgan fingerprint density at radius 3 is 2.77 bits per heavy atom. The van der Waals surface area contributed by atoms with Gasteiger partial charge in [0.25, 0.3) is 5.91 Å². The Morgan fingerprint density at radius 1 is 1.41 bits per heavy atom. The Balaban J connectivity index is 2.19. The summed E-state index contributed by atoms with van der Waals surface area (Å²) in [6.07, 6.45) is 0. The van der Waals surface area contributed by atoms with Crippen molar-refractivity contribution in [3.05, 3.63) is 28.8 Å². The van der Waals surface area contributed by atoms with E-state index in [9.17, 15) is 9.59 Å². The van der Waals surface area contributed by atoms with E-state index in [-0.39, 0.29) is 23.8 Å². The number of nitrogens with zero attached hydrogens (tertiary/aromatic N) is 1. The number of piperazine rings is 1. The standard InChI is InChI=1S/C16H22ClN3O2/c1-10(2)15(21)19-12-4-5-14(17)13(8-12)16(22)20-7-6-18-11(3)9-20/h4-5,8,10-11,18H,6-7,9H2,1-3H3,(H,19,21). The summed E-state index contributed by atoms with van der Waals surface area (Å²) in [5.74, 6) is -0.306. The third-order valence-electron chi connectivity index (χ3n) is 3.64. The van der Waals surface area contributed by atoms with Gasteiger partial charge in [0, 0.05) is 37.3 Å². The van der Waals surface area contributed by atoms with Crippen molar-refractivity contribution in [1.29, 1.82) is 0 Å². The van der Waals surface area contributed by atoms with Crippen LogP contribution in [0.2, 0.25) is 5.02 Å². The van der Waals surface area contributed by atoms with Crippen molar-refractivity contribution in [2.45, 2.75) is 26.8 Å². The van der Waals surface area contributed by atoms with Crippen molar-refractivity contribution in [2.75, 3.05) is 25.0 Å². The van der Waals surface area contributed by atoms with E-state index in [1.807, 2.05) is 20.8 Å². The molecule has 2 N–H and O–H groups in total. The van der Waals surface area contributed by atoms with Gasteiger partial charge in [-0.1, -0.05) is 25.4 Å². The van der Waals surface area contributed by atoms with E-state index in [4.69, 9.17) is 11.6 Å². The zero-order chi connectivity index (χ0) is 16.3. The Hall–Kier alpha value is -1.59. The van der Waals surface area contributed by atoms with Crippen LogP contribution >= 0.6 is 11.6 Å². The maximum Gasteiger partial charge on any atom is 0.255 e. The van der Waals surface area contributed by atoms with Crippen molar-refractivity contribution in [2.24, 2.45) is 5.92 Å². The van der Waals surface area contributed by atoms with E-state index in [2.05, 4.69) is 10.6 Å². The zero-order valence-corrected chi connectivity index (χ0v) is 13.9. The molecule has 1 saturated heterocycles. The van der Waals surface area contributed by atoms with Gasteiger partial charge < -0.3 is 15.5 Å². The molecule has 0 saturated carbocycles. The highest BCUT2D eigenvalue weighted by atomic mass is 35.5. The summed E-state index contributed by atoms with van der Waals surface area (Å²) < 4.78 is 0. The van der Waals surface area contributed by atoms with Gasteiger partial charge in [-0.05, 0) is 25.1 Å². The number of benzene rings is 1. The molecule has 1 aromatic carbocycles. The molecule has 1 atom stereocenters. The van der Waals surface area contributed by atoms with Crippen LogP contribution in [0.1, 0.15) is 31.1 Å². The summed E-state index contributed by atoms with van der Waals surface area (Å²) in [5, 5.41) is 6.50. The number of nitrogens with one attached hydrogen (secondary N) is 2. The lowest BCUT2D eigenvalue weighted by atomic mass is 10.1. The van der Waals surface area contributed by atoms with Crippen molar-refractivity contribution in [3.8, 4) is 0 Å². The van der Waals surface area contributed by atoms with Crippen molar-refractivity contribution >= 4 is 29.1 Å². The number of hydrogen-bond acceptors (Lipinski definition) is 3. The van der Waals surface area contributed by atoms with Crippen LogP contribution in [0.3, 0.4) is 0 Å². The number of anilines is 1. The summed E-state index contributed by atoms with van der Waals surface area (Å²) >= 11 is 6.17. The number of carbonyl (C=O) groups excluding carboxylic acids is 2. The summed E-state index contributed by atoms with van der Waals surface area (Å²) in [6, 6.07) is 5.27. The maximum atomic E-state index is 12.6. The number of hydrogen-bond donors (Lipinski definition) is 2. The van der Waals surface area contributed by atoms with Crippen molar-refractivity contribution < 1.29 is 9.59 Å². The molecule has 0 spiro atoms. The van der Waals surface area contributed by atoms with Crippen LogP contribution in [0, 0.1) is 5.92 Å². The molecule has 120 valence electrons. The molecule has 1 aliphatic heterocycles. The minimum Gasteiger partial charge on any atom is -0.336 e. The fraction of sp³-hybridized carbons (Fsp3) is 0.500. The summed E-state index contributed by atoms with van der Waals surface area (Å²) in [6.45, 7) is 7.76. The van der Waals surface area contributed by atoms with Crippen molar-refractivity contribution in [1.82, 2.24) is 10.2 Å². The third kappa shape index (κ3) is 3.99. The number of amides is 2. The maximum absolute atomic E-state index is 12.6. The van der Waals surface area contributed by atoms with Gasteiger partial charge in [-0.25, -0.2) is 0 Å². The molecule has 2 amide bonds. The molecule has 0 bridgehead atoms. The van der Waals surface area contributed by atoms with Gasteiger partial charge in [0.05, 0.1) is 10.6 Å². The van der Waals surface area contributed by atoms with Crippen LogP contribution < -0.4 is 10.6 Å². The molecular formula is C16H22ClN3O2. The van der Waals surface area contributed by atoms with Gasteiger partial charge in [-0.2, -0.15) is 0 Å². The summed E-state index contributed by atoms with van der Waals surface area (Å²) in [7, 11) is 0. The van der Waals surface area contributed by atoms with Crippen LogP contribution in [0.25, 0.3) is 0 Å². The topological polar surface area (TPSA) is 61.4 Å². The Labute approximate surface area is 136 Å². The monoisotopic (exact) mass is 323 g/mol. The van der Waals surface area contributed by atoms with E-state index in [0.717, 1.165) is 6.54 Å². The lowest BCUT2D eigenvalue weighted by Crippen LogP contribution is -2.51. The highest BCUT2D eigenvalue weighted by molar-refractivity contribution is 6.34. The predicted octanol–water partition coefficient (Wildman–Crippen LogP) is 2.37.